The molecule has 2 N–H and O–H groups in total. The van der Waals surface area contributed by atoms with Crippen molar-refractivity contribution in [2.75, 3.05) is 17.7 Å². The van der Waals surface area contributed by atoms with Gasteiger partial charge in [-0.1, -0.05) is 17.7 Å². The summed E-state index contributed by atoms with van der Waals surface area (Å²) < 4.78 is 4.88. The number of benzene rings is 1. The summed E-state index contributed by atoms with van der Waals surface area (Å²) in [6.07, 6.45) is 0.0263. The van der Waals surface area contributed by atoms with E-state index in [4.69, 9.17) is 16.3 Å². The molecule has 23 heavy (non-hydrogen) atoms. The first-order valence-corrected chi connectivity index (χ1v) is 8.56. The van der Waals surface area contributed by atoms with Crippen molar-refractivity contribution >= 4 is 46.8 Å². The molecule has 0 spiro atoms. The maximum atomic E-state index is 12.0. The molecule has 1 aliphatic heterocycles. The van der Waals surface area contributed by atoms with Crippen LogP contribution in [0.25, 0.3) is 0 Å². The van der Waals surface area contributed by atoms with Crippen molar-refractivity contribution in [3.05, 3.63) is 29.3 Å². The molecule has 0 bridgehead atoms. The highest BCUT2D eigenvalue weighted by Crippen LogP contribution is 2.22. The van der Waals surface area contributed by atoms with E-state index in [-0.39, 0.29) is 24.8 Å². The minimum absolute atomic E-state index is 0.0263. The van der Waals surface area contributed by atoms with Gasteiger partial charge in [0.1, 0.15) is 6.04 Å². The number of ether oxygens (including phenoxy) is 1. The quantitative estimate of drug-likeness (QED) is 0.786. The lowest BCUT2D eigenvalue weighted by molar-refractivity contribution is -0.146. The first kappa shape index (κ1) is 17.6. The summed E-state index contributed by atoms with van der Waals surface area (Å²) in [5.74, 6) is -0.676. The van der Waals surface area contributed by atoms with Crippen LogP contribution in [0.4, 0.5) is 5.69 Å². The van der Waals surface area contributed by atoms with Gasteiger partial charge in [-0.05, 0) is 25.1 Å². The van der Waals surface area contributed by atoms with E-state index in [0.717, 1.165) is 0 Å². The molecule has 6 nitrogen and oxygen atoms in total. The Kier molecular flexibility index (Phi) is 6.29. The monoisotopic (exact) mass is 356 g/mol. The minimum atomic E-state index is -0.653. The fraction of sp³-hybridized carbons (Fsp3) is 0.400. The normalized spacial score (nSPS) is 20.5. The molecule has 124 valence electrons. The number of halogens is 1. The maximum absolute atomic E-state index is 12.0. The molecular formula is C15H17ClN2O4S. The zero-order valence-corrected chi connectivity index (χ0v) is 14.1. The summed E-state index contributed by atoms with van der Waals surface area (Å²) in [6, 6.07) is 6.12. The number of thioether (sulfide) groups is 1. The van der Waals surface area contributed by atoms with Gasteiger partial charge in [0, 0.05) is 22.9 Å². The molecular weight excluding hydrogens is 340 g/mol. The van der Waals surface area contributed by atoms with Crippen LogP contribution in [0.2, 0.25) is 5.02 Å². The van der Waals surface area contributed by atoms with Crippen molar-refractivity contribution in [2.24, 2.45) is 0 Å². The molecule has 1 saturated heterocycles. The number of anilines is 1. The number of amides is 2. The van der Waals surface area contributed by atoms with Crippen molar-refractivity contribution in [3.8, 4) is 0 Å². The van der Waals surface area contributed by atoms with E-state index in [9.17, 15) is 14.4 Å². The number of rotatable bonds is 5. The van der Waals surface area contributed by atoms with Crippen molar-refractivity contribution in [3.63, 3.8) is 0 Å². The molecule has 0 aliphatic carbocycles. The van der Waals surface area contributed by atoms with Crippen LogP contribution in [0.15, 0.2) is 24.3 Å². The average Bonchev–Trinajstić information content (AvgIpc) is 2.49. The van der Waals surface area contributed by atoms with Crippen LogP contribution in [0, 0.1) is 0 Å². The molecule has 2 amide bonds. The second-order valence-electron chi connectivity index (χ2n) is 4.90. The van der Waals surface area contributed by atoms with Crippen molar-refractivity contribution in [2.45, 2.75) is 24.6 Å². The molecule has 0 aromatic heterocycles. The second kappa shape index (κ2) is 8.21. The number of carbonyl (C=O) groups excluding carboxylic acids is 3. The Balaban J connectivity index is 1.85. The first-order chi connectivity index (χ1) is 11.0. The predicted octanol–water partition coefficient (Wildman–Crippen LogP) is 1.83. The zero-order chi connectivity index (χ0) is 16.8. The van der Waals surface area contributed by atoms with Crippen LogP contribution < -0.4 is 10.6 Å². The van der Waals surface area contributed by atoms with E-state index in [1.807, 2.05) is 0 Å². The van der Waals surface area contributed by atoms with Gasteiger partial charge >= 0.3 is 5.97 Å². The van der Waals surface area contributed by atoms with Crippen LogP contribution in [0.5, 0.6) is 0 Å². The number of nitrogens with one attached hydrogen (secondary N) is 2. The standard InChI is InChI=1S/C15H17ClN2O4S/c1-2-22-15(21)11-8-23-12(14(20)18-11)7-13(19)17-10-5-3-4-9(16)6-10/h3-6,11-12H,2,7-8H2,1H3,(H,17,19)(H,18,20)/t11-,12+/m1/s1. The topological polar surface area (TPSA) is 84.5 Å². The zero-order valence-electron chi connectivity index (χ0n) is 12.5. The summed E-state index contributed by atoms with van der Waals surface area (Å²) in [6.45, 7) is 1.97. The third kappa shape index (κ3) is 5.14. The molecule has 8 heteroatoms. The lowest BCUT2D eigenvalue weighted by Crippen LogP contribution is -2.51. The Bertz CT molecular complexity index is 611. The van der Waals surface area contributed by atoms with Gasteiger partial charge in [0.25, 0.3) is 0 Å². The van der Waals surface area contributed by atoms with Gasteiger partial charge in [0.15, 0.2) is 0 Å². The highest BCUT2D eigenvalue weighted by atomic mass is 35.5. The van der Waals surface area contributed by atoms with Crippen molar-refractivity contribution < 1.29 is 19.1 Å². The number of carbonyl (C=O) groups is 3. The molecule has 2 atom stereocenters. The summed E-state index contributed by atoms with van der Waals surface area (Å²) in [5.41, 5.74) is 0.577. The van der Waals surface area contributed by atoms with E-state index < -0.39 is 17.3 Å². The van der Waals surface area contributed by atoms with E-state index in [2.05, 4.69) is 10.6 Å². The van der Waals surface area contributed by atoms with E-state index in [1.54, 1.807) is 31.2 Å². The first-order valence-electron chi connectivity index (χ1n) is 7.13. The molecule has 0 unspecified atom stereocenters. The Morgan fingerprint density at radius 2 is 2.26 bits per heavy atom. The Hall–Kier alpha value is -1.73. The Morgan fingerprint density at radius 3 is 2.91 bits per heavy atom. The summed E-state index contributed by atoms with van der Waals surface area (Å²) in [7, 11) is 0. The van der Waals surface area contributed by atoms with Crippen LogP contribution in [-0.2, 0) is 19.1 Å². The Labute approximate surface area is 143 Å². The van der Waals surface area contributed by atoms with Gasteiger partial charge in [-0.25, -0.2) is 4.79 Å². The highest BCUT2D eigenvalue weighted by molar-refractivity contribution is 8.00. The van der Waals surface area contributed by atoms with E-state index in [1.165, 1.54) is 11.8 Å². The van der Waals surface area contributed by atoms with Crippen LogP contribution in [0.3, 0.4) is 0 Å². The third-order valence-corrected chi connectivity index (χ3v) is 4.67. The van der Waals surface area contributed by atoms with Gasteiger partial charge in [-0.3, -0.25) is 9.59 Å². The molecule has 1 aromatic rings. The second-order valence-corrected chi connectivity index (χ2v) is 6.57. The third-order valence-electron chi connectivity index (χ3n) is 3.12. The molecule has 1 aromatic carbocycles. The maximum Gasteiger partial charge on any atom is 0.329 e. The van der Waals surface area contributed by atoms with Crippen LogP contribution in [0.1, 0.15) is 13.3 Å². The van der Waals surface area contributed by atoms with Crippen molar-refractivity contribution in [1.82, 2.24) is 5.32 Å². The molecule has 1 fully saturated rings. The fourth-order valence-electron chi connectivity index (χ4n) is 2.06. The highest BCUT2D eigenvalue weighted by Gasteiger charge is 2.34. The van der Waals surface area contributed by atoms with Gasteiger partial charge < -0.3 is 15.4 Å². The Morgan fingerprint density at radius 1 is 1.48 bits per heavy atom. The molecule has 0 saturated carbocycles. The lowest BCUT2D eigenvalue weighted by Gasteiger charge is -2.27. The predicted molar refractivity (Wildman–Crippen MR) is 89.5 cm³/mol. The van der Waals surface area contributed by atoms with Gasteiger partial charge in [-0.2, -0.15) is 0 Å². The molecule has 2 rings (SSSR count). The summed E-state index contributed by atoms with van der Waals surface area (Å²) in [5, 5.41) is 5.28. The average molecular weight is 357 g/mol. The number of esters is 1. The number of hydrogen-bond donors (Lipinski definition) is 2. The minimum Gasteiger partial charge on any atom is -0.464 e. The van der Waals surface area contributed by atoms with Gasteiger partial charge in [0.05, 0.1) is 11.9 Å². The lowest BCUT2D eigenvalue weighted by atomic mass is 10.2. The molecule has 1 heterocycles. The SMILES string of the molecule is CCOC(=O)[C@H]1CS[C@@H](CC(=O)Nc2cccc(Cl)c2)C(=O)N1. The molecule has 0 radical (unpaired) electrons. The largest absolute Gasteiger partial charge is 0.464 e. The number of hydrogen-bond acceptors (Lipinski definition) is 5. The smallest absolute Gasteiger partial charge is 0.329 e. The van der Waals surface area contributed by atoms with Gasteiger partial charge in [-0.15, -0.1) is 11.8 Å². The molecule has 1 aliphatic rings. The fourth-order valence-corrected chi connectivity index (χ4v) is 3.39. The summed E-state index contributed by atoms with van der Waals surface area (Å²) in [4.78, 5) is 35.6. The van der Waals surface area contributed by atoms with Crippen LogP contribution >= 0.6 is 23.4 Å². The van der Waals surface area contributed by atoms with Gasteiger partial charge in [0.2, 0.25) is 11.8 Å². The van der Waals surface area contributed by atoms with Crippen molar-refractivity contribution in [1.29, 1.82) is 0 Å². The summed E-state index contributed by atoms with van der Waals surface area (Å²) >= 11 is 7.13. The van der Waals surface area contributed by atoms with Crippen LogP contribution in [-0.4, -0.2) is 41.4 Å². The van der Waals surface area contributed by atoms with E-state index >= 15 is 0 Å². The van der Waals surface area contributed by atoms with E-state index in [0.29, 0.717) is 16.5 Å².